The molecule has 0 spiro atoms. The molecule has 0 radical (unpaired) electrons. The van der Waals surface area contributed by atoms with Gasteiger partial charge in [-0.3, -0.25) is 14.5 Å². The maximum absolute atomic E-state index is 13.9. The summed E-state index contributed by atoms with van der Waals surface area (Å²) in [6, 6.07) is 18.1. The van der Waals surface area contributed by atoms with Crippen molar-refractivity contribution in [1.29, 1.82) is 0 Å². The van der Waals surface area contributed by atoms with Crippen molar-refractivity contribution in [2.45, 2.75) is 25.0 Å². The lowest BCUT2D eigenvalue weighted by Crippen LogP contribution is -2.43. The summed E-state index contributed by atoms with van der Waals surface area (Å²) in [7, 11) is 0. The Bertz CT molecular complexity index is 1480. The second kappa shape index (κ2) is 10.4. The van der Waals surface area contributed by atoms with Crippen LogP contribution in [0.15, 0.2) is 66.0 Å². The lowest BCUT2D eigenvalue weighted by Gasteiger charge is -2.25. The molecule has 194 valence electrons. The highest BCUT2D eigenvalue weighted by molar-refractivity contribution is 8.00. The number of benzene rings is 2. The van der Waals surface area contributed by atoms with Crippen LogP contribution in [0.25, 0.3) is 16.9 Å². The van der Waals surface area contributed by atoms with E-state index in [1.54, 1.807) is 44.8 Å². The molecule has 0 N–H and O–H groups in total. The van der Waals surface area contributed by atoms with Gasteiger partial charge in [0.05, 0.1) is 22.4 Å². The van der Waals surface area contributed by atoms with Crippen LogP contribution < -0.4 is 4.90 Å². The Hall–Kier alpha value is -3.43. The monoisotopic (exact) mass is 546 g/mol. The van der Waals surface area contributed by atoms with Crippen LogP contribution in [0.3, 0.4) is 0 Å². The highest BCUT2D eigenvalue weighted by Crippen LogP contribution is 2.50. The van der Waals surface area contributed by atoms with Gasteiger partial charge in [0.15, 0.2) is 0 Å². The highest BCUT2D eigenvalue weighted by atomic mass is 32.2. The fourth-order valence-electron chi connectivity index (χ4n) is 5.15. The van der Waals surface area contributed by atoms with Gasteiger partial charge in [-0.2, -0.15) is 5.10 Å². The summed E-state index contributed by atoms with van der Waals surface area (Å²) in [5.41, 5.74) is 4.36. The molecule has 6 rings (SSSR count). The molecule has 2 aliphatic heterocycles. The van der Waals surface area contributed by atoms with Crippen LogP contribution in [-0.4, -0.2) is 51.9 Å². The predicted molar refractivity (Wildman–Crippen MR) is 150 cm³/mol. The second-order valence-corrected chi connectivity index (χ2v) is 11.6. The first-order valence-electron chi connectivity index (χ1n) is 12.7. The van der Waals surface area contributed by atoms with E-state index in [1.807, 2.05) is 35.2 Å². The van der Waals surface area contributed by atoms with Gasteiger partial charge in [0, 0.05) is 29.1 Å². The second-order valence-electron chi connectivity index (χ2n) is 9.57. The van der Waals surface area contributed by atoms with E-state index >= 15 is 0 Å². The molecule has 0 aliphatic carbocycles. The van der Waals surface area contributed by atoms with E-state index in [4.69, 9.17) is 5.10 Å². The van der Waals surface area contributed by atoms with Crippen LogP contribution in [-0.2, 0) is 9.59 Å². The topological polar surface area (TPSA) is 58.4 Å². The Labute approximate surface area is 229 Å². The first-order chi connectivity index (χ1) is 18.5. The first kappa shape index (κ1) is 24.9. The molecule has 0 bridgehead atoms. The van der Waals surface area contributed by atoms with Crippen LogP contribution in [0.2, 0.25) is 0 Å². The van der Waals surface area contributed by atoms with E-state index in [1.165, 1.54) is 12.1 Å². The largest absolute Gasteiger partial charge is 0.341 e. The molecule has 9 heteroatoms. The molecule has 6 nitrogen and oxygen atoms in total. The number of halogens is 1. The molecule has 1 atom stereocenters. The van der Waals surface area contributed by atoms with Crippen LogP contribution in [0.4, 0.5) is 10.2 Å². The predicted octanol–water partition coefficient (Wildman–Crippen LogP) is 5.84. The van der Waals surface area contributed by atoms with E-state index in [-0.39, 0.29) is 35.2 Å². The van der Waals surface area contributed by atoms with Crippen molar-refractivity contribution in [2.75, 3.05) is 30.3 Å². The molecule has 1 saturated heterocycles. The number of anilines is 1. The number of amides is 2. The Kier molecular flexibility index (Phi) is 6.80. The Morgan fingerprint density at radius 3 is 2.47 bits per heavy atom. The third kappa shape index (κ3) is 4.54. The van der Waals surface area contributed by atoms with Crippen LogP contribution in [0.5, 0.6) is 0 Å². The number of hydrogen-bond acceptors (Lipinski definition) is 5. The van der Waals surface area contributed by atoms with Crippen molar-refractivity contribution in [3.63, 3.8) is 0 Å². The fraction of sp³-hybridized carbons (Fsp3) is 0.276. The maximum atomic E-state index is 13.9. The number of nitrogens with zero attached hydrogens (tertiary/aromatic N) is 4. The normalized spacial score (nSPS) is 17.5. The van der Waals surface area contributed by atoms with Gasteiger partial charge in [-0.1, -0.05) is 30.3 Å². The van der Waals surface area contributed by atoms with Crippen molar-refractivity contribution in [3.8, 4) is 16.9 Å². The summed E-state index contributed by atoms with van der Waals surface area (Å²) in [5.74, 6) is 0.265. The van der Waals surface area contributed by atoms with Crippen molar-refractivity contribution in [2.24, 2.45) is 0 Å². The van der Waals surface area contributed by atoms with E-state index < -0.39 is 0 Å². The third-order valence-electron chi connectivity index (χ3n) is 7.10. The lowest BCUT2D eigenvalue weighted by molar-refractivity contribution is -0.130. The van der Waals surface area contributed by atoms with Gasteiger partial charge in [0.25, 0.3) is 0 Å². The fourth-order valence-corrected chi connectivity index (χ4v) is 7.62. The van der Waals surface area contributed by atoms with Gasteiger partial charge < -0.3 is 4.90 Å². The van der Waals surface area contributed by atoms with Crippen molar-refractivity contribution in [3.05, 3.63) is 87.9 Å². The maximum Gasteiger partial charge on any atom is 0.242 e. The number of hydrogen-bond donors (Lipinski definition) is 0. The number of rotatable bonds is 5. The molecule has 1 unspecified atom stereocenters. The zero-order valence-electron chi connectivity index (χ0n) is 21.0. The SMILES string of the molecule is Cc1ccsc1C1SCC(=O)N(CC(=O)N2CCCC2)c2c1c(-c1ccccc1)nn2-c1ccc(F)cc1. The minimum Gasteiger partial charge on any atom is -0.341 e. The summed E-state index contributed by atoms with van der Waals surface area (Å²) in [6.45, 7) is 3.46. The number of thiophene rings is 1. The summed E-state index contributed by atoms with van der Waals surface area (Å²) in [5, 5.41) is 6.97. The smallest absolute Gasteiger partial charge is 0.242 e. The quantitative estimate of drug-likeness (QED) is 0.316. The average Bonchev–Trinajstić information content (AvgIpc) is 3.68. The third-order valence-corrected chi connectivity index (χ3v) is 9.55. The summed E-state index contributed by atoms with van der Waals surface area (Å²) >= 11 is 3.23. The molecule has 4 heterocycles. The molecular formula is C29H27FN4O2S2. The molecule has 2 aromatic heterocycles. The summed E-state index contributed by atoms with van der Waals surface area (Å²) in [6.07, 6.45) is 1.96. The van der Waals surface area contributed by atoms with Gasteiger partial charge in [0.1, 0.15) is 18.2 Å². The Morgan fingerprint density at radius 1 is 1.05 bits per heavy atom. The van der Waals surface area contributed by atoms with Crippen molar-refractivity contribution in [1.82, 2.24) is 14.7 Å². The number of fused-ring (bicyclic) bond motifs is 1. The first-order valence-corrected chi connectivity index (χ1v) is 14.6. The highest BCUT2D eigenvalue weighted by Gasteiger charge is 2.39. The number of aryl methyl sites for hydroxylation is 1. The summed E-state index contributed by atoms with van der Waals surface area (Å²) < 4.78 is 15.6. The standard InChI is InChI=1S/C29H27FN4O2S2/c1-19-13-16-37-27(19)28-25-26(20-7-3-2-4-8-20)31-34(22-11-9-21(30)10-12-22)29(25)33(24(36)18-38-28)17-23(35)32-14-5-6-15-32/h2-4,7-13,16,28H,5-6,14-15,17-18H2,1H3. The lowest BCUT2D eigenvalue weighted by atomic mass is 10.0. The van der Waals surface area contributed by atoms with Gasteiger partial charge in [-0.25, -0.2) is 9.07 Å². The van der Waals surface area contributed by atoms with Crippen molar-refractivity contribution >= 4 is 40.7 Å². The molecule has 38 heavy (non-hydrogen) atoms. The van der Waals surface area contributed by atoms with Gasteiger partial charge in [-0.15, -0.1) is 23.1 Å². The number of carbonyl (C=O) groups is 2. The van der Waals surface area contributed by atoms with Gasteiger partial charge in [0.2, 0.25) is 11.8 Å². The molecule has 2 amide bonds. The number of thioether (sulfide) groups is 1. The van der Waals surface area contributed by atoms with Crippen molar-refractivity contribution < 1.29 is 14.0 Å². The number of carbonyl (C=O) groups excluding carboxylic acids is 2. The van der Waals surface area contributed by atoms with Gasteiger partial charge >= 0.3 is 0 Å². The zero-order chi connectivity index (χ0) is 26.2. The van der Waals surface area contributed by atoms with Crippen LogP contribution >= 0.6 is 23.1 Å². The Balaban J connectivity index is 1.60. The van der Waals surface area contributed by atoms with Crippen LogP contribution in [0.1, 0.15) is 34.1 Å². The van der Waals surface area contributed by atoms with E-state index in [0.29, 0.717) is 24.6 Å². The minimum atomic E-state index is -0.352. The molecular weight excluding hydrogens is 519 g/mol. The van der Waals surface area contributed by atoms with E-state index in [2.05, 4.69) is 18.4 Å². The van der Waals surface area contributed by atoms with Crippen LogP contribution in [0, 0.1) is 12.7 Å². The average molecular weight is 547 g/mol. The number of likely N-dealkylation sites (tertiary alicyclic amines) is 1. The molecule has 2 aromatic carbocycles. The molecule has 0 saturated carbocycles. The van der Waals surface area contributed by atoms with Gasteiger partial charge in [-0.05, 0) is 61.0 Å². The zero-order valence-corrected chi connectivity index (χ0v) is 22.6. The molecule has 2 aliphatic rings. The summed E-state index contributed by atoms with van der Waals surface area (Å²) in [4.78, 5) is 31.7. The minimum absolute atomic E-state index is 0.0519. The van der Waals surface area contributed by atoms with E-state index in [9.17, 15) is 14.0 Å². The molecule has 1 fully saturated rings. The number of aromatic nitrogens is 2. The Morgan fingerprint density at radius 2 is 1.79 bits per heavy atom. The molecule has 4 aromatic rings. The van der Waals surface area contributed by atoms with E-state index in [0.717, 1.165) is 40.1 Å².